The molecule has 162 valence electrons. The molecule has 0 radical (unpaired) electrons. The topological polar surface area (TPSA) is 55.6 Å². The standard InChI is InChI=1S/C24H21ClFN5S/c1-14-13-15(2)29-24(28-14)31-23-20(21(30-31)16-7-9-17(25)10-8-16)22(32-12-11-27-23)18-5-3-4-6-19(18)26/h3-10,13,22,27H,11-12H2,1-2H3. The van der Waals surface area contributed by atoms with Gasteiger partial charge in [0.15, 0.2) is 0 Å². The molecule has 8 heteroatoms. The van der Waals surface area contributed by atoms with Gasteiger partial charge in [-0.05, 0) is 38.1 Å². The highest BCUT2D eigenvalue weighted by Gasteiger charge is 2.32. The summed E-state index contributed by atoms with van der Waals surface area (Å²) in [5, 5.41) is 8.86. The number of anilines is 1. The van der Waals surface area contributed by atoms with Gasteiger partial charge in [0.1, 0.15) is 11.6 Å². The Balaban J connectivity index is 1.79. The van der Waals surface area contributed by atoms with Crippen LogP contribution in [0.25, 0.3) is 17.2 Å². The van der Waals surface area contributed by atoms with Crippen molar-refractivity contribution < 1.29 is 4.39 Å². The van der Waals surface area contributed by atoms with Crippen LogP contribution in [0.15, 0.2) is 54.6 Å². The summed E-state index contributed by atoms with van der Waals surface area (Å²) in [6, 6.07) is 16.4. The van der Waals surface area contributed by atoms with Gasteiger partial charge >= 0.3 is 0 Å². The van der Waals surface area contributed by atoms with Crippen molar-refractivity contribution in [3.63, 3.8) is 0 Å². The highest BCUT2D eigenvalue weighted by atomic mass is 35.5. The summed E-state index contributed by atoms with van der Waals surface area (Å²) in [6.45, 7) is 4.59. The Bertz CT molecular complexity index is 1270. The zero-order valence-corrected chi connectivity index (χ0v) is 19.2. The minimum absolute atomic E-state index is 0.227. The molecule has 5 nitrogen and oxygen atoms in total. The average molecular weight is 466 g/mol. The van der Waals surface area contributed by atoms with Gasteiger partial charge in [0.25, 0.3) is 5.95 Å². The smallest absolute Gasteiger partial charge is 0.252 e. The minimum Gasteiger partial charge on any atom is -0.369 e. The zero-order valence-electron chi connectivity index (χ0n) is 17.6. The number of nitrogens with zero attached hydrogens (tertiary/aromatic N) is 4. The van der Waals surface area contributed by atoms with E-state index in [-0.39, 0.29) is 11.1 Å². The quantitative estimate of drug-likeness (QED) is 0.403. The van der Waals surface area contributed by atoms with E-state index in [2.05, 4.69) is 15.3 Å². The van der Waals surface area contributed by atoms with E-state index in [1.165, 1.54) is 6.07 Å². The van der Waals surface area contributed by atoms with Crippen LogP contribution in [0.5, 0.6) is 0 Å². The van der Waals surface area contributed by atoms with Crippen molar-refractivity contribution >= 4 is 29.2 Å². The lowest BCUT2D eigenvalue weighted by Gasteiger charge is -2.17. The number of aromatic nitrogens is 4. The fourth-order valence-electron chi connectivity index (χ4n) is 3.98. The Morgan fingerprint density at radius 1 is 1.06 bits per heavy atom. The molecule has 3 heterocycles. The molecule has 1 aliphatic rings. The molecule has 2 aromatic carbocycles. The maximum Gasteiger partial charge on any atom is 0.252 e. The summed E-state index contributed by atoms with van der Waals surface area (Å²) in [4.78, 5) is 9.25. The van der Waals surface area contributed by atoms with Gasteiger partial charge in [0.2, 0.25) is 0 Å². The van der Waals surface area contributed by atoms with E-state index in [4.69, 9.17) is 16.7 Å². The monoisotopic (exact) mass is 465 g/mol. The molecule has 0 aliphatic carbocycles. The average Bonchev–Trinajstić information content (AvgIpc) is 3.00. The van der Waals surface area contributed by atoms with E-state index < -0.39 is 0 Å². The van der Waals surface area contributed by atoms with E-state index in [1.54, 1.807) is 22.5 Å². The second-order valence-electron chi connectivity index (χ2n) is 7.68. The molecule has 0 saturated carbocycles. The number of aryl methyl sites for hydroxylation is 2. The zero-order chi connectivity index (χ0) is 22.2. The van der Waals surface area contributed by atoms with Gasteiger partial charge in [-0.3, -0.25) is 0 Å². The summed E-state index contributed by atoms with van der Waals surface area (Å²) < 4.78 is 16.7. The fourth-order valence-corrected chi connectivity index (χ4v) is 5.32. The van der Waals surface area contributed by atoms with Crippen LogP contribution in [-0.2, 0) is 0 Å². The van der Waals surface area contributed by atoms with Crippen molar-refractivity contribution in [2.24, 2.45) is 0 Å². The van der Waals surface area contributed by atoms with Crippen LogP contribution in [0, 0.1) is 19.7 Å². The highest BCUT2D eigenvalue weighted by molar-refractivity contribution is 7.99. The molecule has 0 fully saturated rings. The van der Waals surface area contributed by atoms with Gasteiger partial charge in [0.05, 0.1) is 10.9 Å². The molecule has 0 bridgehead atoms. The van der Waals surface area contributed by atoms with Crippen molar-refractivity contribution in [2.75, 3.05) is 17.6 Å². The Labute approximate surface area is 195 Å². The lowest BCUT2D eigenvalue weighted by molar-refractivity contribution is 0.613. The lowest BCUT2D eigenvalue weighted by atomic mass is 9.99. The van der Waals surface area contributed by atoms with Crippen LogP contribution in [0.2, 0.25) is 5.02 Å². The van der Waals surface area contributed by atoms with Crippen LogP contribution >= 0.6 is 23.4 Å². The lowest BCUT2D eigenvalue weighted by Crippen LogP contribution is -2.12. The van der Waals surface area contributed by atoms with E-state index in [0.29, 0.717) is 16.5 Å². The molecule has 1 N–H and O–H groups in total. The summed E-state index contributed by atoms with van der Waals surface area (Å²) in [6.07, 6.45) is 0. The summed E-state index contributed by atoms with van der Waals surface area (Å²) in [5.74, 6) is 1.88. The predicted octanol–water partition coefficient (Wildman–Crippen LogP) is 5.99. The highest BCUT2D eigenvalue weighted by Crippen LogP contribution is 2.47. The predicted molar refractivity (Wildman–Crippen MR) is 128 cm³/mol. The molecule has 1 aliphatic heterocycles. The van der Waals surface area contributed by atoms with Crippen LogP contribution < -0.4 is 5.32 Å². The first-order valence-corrected chi connectivity index (χ1v) is 11.8. The third kappa shape index (κ3) is 3.87. The number of hydrogen-bond acceptors (Lipinski definition) is 5. The molecule has 0 spiro atoms. The van der Waals surface area contributed by atoms with Crippen LogP contribution in [0.3, 0.4) is 0 Å². The molecule has 5 rings (SSSR count). The number of thioether (sulfide) groups is 1. The van der Waals surface area contributed by atoms with Gasteiger partial charge in [-0.15, -0.1) is 11.8 Å². The first kappa shape index (κ1) is 21.0. The Kier molecular flexibility index (Phi) is 5.61. The molecule has 1 atom stereocenters. The van der Waals surface area contributed by atoms with E-state index >= 15 is 0 Å². The summed E-state index contributed by atoms with van der Waals surface area (Å²) in [5.41, 5.74) is 4.94. The summed E-state index contributed by atoms with van der Waals surface area (Å²) in [7, 11) is 0. The third-order valence-electron chi connectivity index (χ3n) is 5.33. The SMILES string of the molecule is Cc1cc(C)nc(-n2nc(-c3ccc(Cl)cc3)c3c2NCCSC3c2ccccc2F)n1. The first-order valence-electron chi connectivity index (χ1n) is 10.3. The van der Waals surface area contributed by atoms with Gasteiger partial charge in [-0.2, -0.15) is 9.78 Å². The largest absolute Gasteiger partial charge is 0.369 e. The Morgan fingerprint density at radius 3 is 2.50 bits per heavy atom. The number of hydrogen-bond donors (Lipinski definition) is 1. The fraction of sp³-hybridized carbons (Fsp3) is 0.208. The Hall–Kier alpha value is -2.90. The molecular weight excluding hydrogens is 445 g/mol. The maximum atomic E-state index is 14.9. The molecular formula is C24H21ClFN5S. The molecule has 1 unspecified atom stereocenters. The molecule has 0 saturated heterocycles. The summed E-state index contributed by atoms with van der Waals surface area (Å²) >= 11 is 7.84. The molecule has 0 amide bonds. The second-order valence-corrected chi connectivity index (χ2v) is 9.33. The number of fused-ring (bicyclic) bond motifs is 1. The maximum absolute atomic E-state index is 14.9. The van der Waals surface area contributed by atoms with E-state index in [9.17, 15) is 4.39 Å². The number of halogens is 2. The van der Waals surface area contributed by atoms with Crippen molar-refractivity contribution in [1.29, 1.82) is 0 Å². The van der Waals surface area contributed by atoms with Gasteiger partial charge in [0, 0.05) is 45.4 Å². The van der Waals surface area contributed by atoms with E-state index in [0.717, 1.165) is 46.3 Å². The van der Waals surface area contributed by atoms with Crippen LogP contribution in [0.1, 0.15) is 27.8 Å². The van der Waals surface area contributed by atoms with Gasteiger partial charge < -0.3 is 5.32 Å². The van der Waals surface area contributed by atoms with Crippen molar-refractivity contribution in [3.05, 3.63) is 88.0 Å². The second kappa shape index (κ2) is 8.56. The first-order chi connectivity index (χ1) is 15.5. The van der Waals surface area contributed by atoms with Gasteiger partial charge in [-0.25, -0.2) is 14.4 Å². The van der Waals surface area contributed by atoms with Gasteiger partial charge in [-0.1, -0.05) is 41.9 Å². The number of benzene rings is 2. The van der Waals surface area contributed by atoms with Crippen LogP contribution in [-0.4, -0.2) is 32.0 Å². The van der Waals surface area contributed by atoms with Crippen molar-refractivity contribution in [2.45, 2.75) is 19.1 Å². The minimum atomic E-state index is -0.230. The normalized spacial score (nSPS) is 15.7. The van der Waals surface area contributed by atoms with Crippen molar-refractivity contribution in [3.8, 4) is 17.2 Å². The van der Waals surface area contributed by atoms with Crippen LogP contribution in [0.4, 0.5) is 10.2 Å². The Morgan fingerprint density at radius 2 is 1.78 bits per heavy atom. The number of nitrogens with one attached hydrogen (secondary N) is 1. The molecule has 32 heavy (non-hydrogen) atoms. The van der Waals surface area contributed by atoms with E-state index in [1.807, 2.05) is 56.3 Å². The third-order valence-corrected chi connectivity index (χ3v) is 6.84. The molecule has 2 aromatic heterocycles. The molecule has 4 aromatic rings. The number of rotatable bonds is 3. The van der Waals surface area contributed by atoms with Crippen molar-refractivity contribution in [1.82, 2.24) is 19.7 Å².